The summed E-state index contributed by atoms with van der Waals surface area (Å²) >= 11 is 0. The van der Waals surface area contributed by atoms with Crippen molar-refractivity contribution < 1.29 is 23.5 Å². The number of aryl methyl sites for hydroxylation is 1. The summed E-state index contributed by atoms with van der Waals surface area (Å²) < 4.78 is 19.4. The van der Waals surface area contributed by atoms with Gasteiger partial charge in [-0.1, -0.05) is 5.10 Å². The predicted octanol–water partition coefficient (Wildman–Crippen LogP) is 1.64. The summed E-state index contributed by atoms with van der Waals surface area (Å²) in [6, 6.07) is 0.0737. The van der Waals surface area contributed by atoms with Crippen LogP contribution in [-0.2, 0) is 9.59 Å². The van der Waals surface area contributed by atoms with Crippen LogP contribution in [0.1, 0.15) is 38.0 Å². The van der Waals surface area contributed by atoms with Crippen LogP contribution in [0, 0.1) is 18.8 Å². The van der Waals surface area contributed by atoms with Crippen molar-refractivity contribution in [3.05, 3.63) is 5.89 Å². The number of aromatic nitrogens is 2. The van der Waals surface area contributed by atoms with Gasteiger partial charge in [-0.15, -0.1) is 5.10 Å². The highest BCUT2D eigenvalue weighted by Crippen LogP contribution is 2.31. The number of carbonyl (C=O) groups excluding carboxylic acids is 1. The van der Waals surface area contributed by atoms with Gasteiger partial charge < -0.3 is 19.3 Å². The van der Waals surface area contributed by atoms with Crippen LogP contribution in [0.25, 0.3) is 0 Å². The molecule has 1 amide bonds. The maximum absolute atomic E-state index is 14.0. The lowest BCUT2D eigenvalue weighted by Gasteiger charge is -2.32. The Morgan fingerprint density at radius 3 is 2.50 bits per heavy atom. The molecule has 0 aromatic carbocycles. The van der Waals surface area contributed by atoms with Crippen LogP contribution in [0.2, 0.25) is 0 Å². The first-order chi connectivity index (χ1) is 12.3. The van der Waals surface area contributed by atoms with E-state index in [2.05, 4.69) is 10.2 Å². The minimum absolute atomic E-state index is 0.00203. The molecule has 9 heteroatoms. The molecule has 1 aromatic heterocycles. The van der Waals surface area contributed by atoms with Gasteiger partial charge in [-0.2, -0.15) is 0 Å². The number of carboxylic acid groups (broad SMARTS) is 1. The van der Waals surface area contributed by atoms with Crippen LogP contribution in [0.3, 0.4) is 0 Å². The van der Waals surface area contributed by atoms with Crippen LogP contribution in [0.5, 0.6) is 0 Å². The van der Waals surface area contributed by atoms with E-state index in [0.717, 1.165) is 0 Å². The zero-order chi connectivity index (χ0) is 18.8. The van der Waals surface area contributed by atoms with Gasteiger partial charge in [0.15, 0.2) is 0 Å². The Morgan fingerprint density at radius 2 is 1.92 bits per heavy atom. The normalized spacial score (nSPS) is 29.0. The minimum Gasteiger partial charge on any atom is -0.481 e. The summed E-state index contributed by atoms with van der Waals surface area (Å²) in [5.74, 6) is -0.867. The Morgan fingerprint density at radius 1 is 1.27 bits per heavy atom. The highest BCUT2D eigenvalue weighted by molar-refractivity contribution is 5.79. The number of likely N-dealkylation sites (N-methyl/N-ethyl adjacent to an activating group) is 1. The molecule has 144 valence electrons. The molecule has 26 heavy (non-hydrogen) atoms. The number of carboxylic acids is 1. The molecule has 1 aliphatic carbocycles. The quantitative estimate of drug-likeness (QED) is 0.843. The Labute approximate surface area is 151 Å². The Hall–Kier alpha value is -2.19. The standard InChI is InChI=1S/C17H25FN4O4/c1-10-19-20-17(26-10)22-8-13(18)7-14(22)9-21(2)15(23)11-3-5-12(6-4-11)16(24)25/h11-14H,3-9H2,1-2H3,(H,24,25)/t11?,12?,13-,14-/m0/s1. The molecule has 0 spiro atoms. The molecule has 0 bridgehead atoms. The van der Waals surface area contributed by atoms with Crippen LogP contribution in [0.4, 0.5) is 10.4 Å². The minimum atomic E-state index is -0.998. The molecule has 3 rings (SSSR count). The van der Waals surface area contributed by atoms with Gasteiger partial charge >= 0.3 is 12.0 Å². The van der Waals surface area contributed by atoms with Crippen LogP contribution in [0.15, 0.2) is 4.42 Å². The monoisotopic (exact) mass is 368 g/mol. The van der Waals surface area contributed by atoms with Gasteiger partial charge in [-0.25, -0.2) is 4.39 Å². The van der Waals surface area contributed by atoms with E-state index in [4.69, 9.17) is 9.52 Å². The van der Waals surface area contributed by atoms with E-state index >= 15 is 0 Å². The molecule has 2 fully saturated rings. The number of rotatable bonds is 5. The molecule has 2 heterocycles. The van der Waals surface area contributed by atoms with E-state index in [-0.39, 0.29) is 36.3 Å². The Kier molecular flexibility index (Phi) is 5.43. The van der Waals surface area contributed by atoms with E-state index < -0.39 is 12.1 Å². The SMILES string of the molecule is Cc1nnc(N2C[C@@H](F)C[C@H]2CN(C)C(=O)C2CCC(C(=O)O)CC2)o1. The van der Waals surface area contributed by atoms with Gasteiger partial charge in [0.05, 0.1) is 18.5 Å². The van der Waals surface area contributed by atoms with E-state index in [0.29, 0.717) is 44.5 Å². The fourth-order valence-corrected chi connectivity index (χ4v) is 3.97. The number of amides is 1. The number of halogens is 1. The molecule has 1 saturated carbocycles. The summed E-state index contributed by atoms with van der Waals surface area (Å²) in [7, 11) is 1.72. The second kappa shape index (κ2) is 7.59. The average molecular weight is 368 g/mol. The number of alkyl halides is 1. The topological polar surface area (TPSA) is 99.8 Å². The number of carbonyl (C=O) groups is 2. The Balaban J connectivity index is 1.58. The molecule has 1 aromatic rings. The third-order valence-corrected chi connectivity index (χ3v) is 5.41. The highest BCUT2D eigenvalue weighted by Gasteiger charge is 2.38. The molecule has 2 atom stereocenters. The first-order valence-electron chi connectivity index (χ1n) is 9.03. The fraction of sp³-hybridized carbons (Fsp3) is 0.765. The first kappa shape index (κ1) is 18.6. The van der Waals surface area contributed by atoms with Crippen LogP contribution < -0.4 is 4.90 Å². The van der Waals surface area contributed by atoms with Gasteiger partial charge in [-0.3, -0.25) is 9.59 Å². The van der Waals surface area contributed by atoms with Gasteiger partial charge in [0, 0.05) is 32.9 Å². The lowest BCUT2D eigenvalue weighted by molar-refractivity contribution is -0.145. The summed E-state index contributed by atoms with van der Waals surface area (Å²) in [4.78, 5) is 27.1. The summed E-state index contributed by atoms with van der Waals surface area (Å²) in [5, 5.41) is 16.8. The molecular formula is C17H25FN4O4. The van der Waals surface area contributed by atoms with Gasteiger partial charge in [-0.05, 0) is 25.7 Å². The van der Waals surface area contributed by atoms with Crippen LogP contribution in [-0.4, -0.2) is 64.4 Å². The number of anilines is 1. The average Bonchev–Trinajstić information content (AvgIpc) is 3.19. The zero-order valence-corrected chi connectivity index (χ0v) is 15.1. The van der Waals surface area contributed by atoms with Gasteiger partial charge in [0.25, 0.3) is 0 Å². The molecular weight excluding hydrogens is 343 g/mol. The van der Waals surface area contributed by atoms with E-state index in [1.54, 1.807) is 23.8 Å². The second-order valence-corrected chi connectivity index (χ2v) is 7.35. The third-order valence-electron chi connectivity index (χ3n) is 5.41. The molecule has 0 unspecified atom stereocenters. The predicted molar refractivity (Wildman–Crippen MR) is 90.4 cm³/mol. The summed E-state index contributed by atoms with van der Waals surface area (Å²) in [6.45, 7) is 2.23. The molecule has 0 radical (unpaired) electrons. The van der Waals surface area contributed by atoms with Crippen molar-refractivity contribution in [3.63, 3.8) is 0 Å². The van der Waals surface area contributed by atoms with Crippen molar-refractivity contribution in [1.29, 1.82) is 0 Å². The number of aliphatic carboxylic acids is 1. The Bertz CT molecular complexity index is 659. The van der Waals surface area contributed by atoms with E-state index in [1.165, 1.54) is 0 Å². The lowest BCUT2D eigenvalue weighted by Crippen LogP contribution is -2.44. The van der Waals surface area contributed by atoms with Crippen molar-refractivity contribution in [2.75, 3.05) is 25.0 Å². The molecule has 1 saturated heterocycles. The zero-order valence-electron chi connectivity index (χ0n) is 15.1. The third kappa shape index (κ3) is 3.96. The summed E-state index contributed by atoms with van der Waals surface area (Å²) in [5.41, 5.74) is 0. The highest BCUT2D eigenvalue weighted by atomic mass is 19.1. The fourth-order valence-electron chi connectivity index (χ4n) is 3.97. The largest absolute Gasteiger partial charge is 0.481 e. The van der Waals surface area contributed by atoms with Gasteiger partial charge in [0.1, 0.15) is 6.17 Å². The number of hydrogen-bond acceptors (Lipinski definition) is 6. The number of nitrogens with zero attached hydrogens (tertiary/aromatic N) is 4. The van der Waals surface area contributed by atoms with Gasteiger partial charge in [0.2, 0.25) is 11.8 Å². The van der Waals surface area contributed by atoms with Crippen molar-refractivity contribution in [2.45, 2.75) is 51.2 Å². The molecule has 2 aliphatic rings. The maximum atomic E-state index is 14.0. The summed E-state index contributed by atoms with van der Waals surface area (Å²) in [6.07, 6.45) is 1.55. The van der Waals surface area contributed by atoms with Crippen molar-refractivity contribution in [1.82, 2.24) is 15.1 Å². The van der Waals surface area contributed by atoms with Crippen molar-refractivity contribution in [3.8, 4) is 0 Å². The van der Waals surface area contributed by atoms with E-state index in [9.17, 15) is 14.0 Å². The molecule has 1 N–H and O–H groups in total. The first-order valence-corrected chi connectivity index (χ1v) is 9.03. The maximum Gasteiger partial charge on any atom is 0.318 e. The smallest absolute Gasteiger partial charge is 0.318 e. The second-order valence-electron chi connectivity index (χ2n) is 7.35. The van der Waals surface area contributed by atoms with Crippen LogP contribution >= 0.6 is 0 Å². The van der Waals surface area contributed by atoms with Crippen molar-refractivity contribution in [2.24, 2.45) is 11.8 Å². The van der Waals surface area contributed by atoms with Crippen molar-refractivity contribution >= 4 is 17.9 Å². The lowest BCUT2D eigenvalue weighted by atomic mass is 9.81. The van der Waals surface area contributed by atoms with E-state index in [1.807, 2.05) is 0 Å². The molecule has 8 nitrogen and oxygen atoms in total. The molecule has 1 aliphatic heterocycles. The number of hydrogen-bond donors (Lipinski definition) is 1.